The molecule has 0 amide bonds. The largest absolute Gasteiger partial charge is 0.317 e. The molecule has 17 heavy (non-hydrogen) atoms. The van der Waals surface area contributed by atoms with Crippen molar-refractivity contribution in [2.24, 2.45) is 0 Å². The van der Waals surface area contributed by atoms with Gasteiger partial charge in [-0.2, -0.15) is 0 Å². The summed E-state index contributed by atoms with van der Waals surface area (Å²) in [6, 6.07) is 4.41. The molecule has 3 heteroatoms. The Kier molecular flexibility index (Phi) is 6.12. The van der Waals surface area contributed by atoms with Crippen molar-refractivity contribution in [3.05, 3.63) is 35.4 Å². The number of unbranched alkanes of at least 4 members (excludes halogenated alkanes) is 1. The predicted molar refractivity (Wildman–Crippen MR) is 67.2 cm³/mol. The van der Waals surface area contributed by atoms with Crippen LogP contribution in [-0.4, -0.2) is 13.1 Å². The first-order valence-electron chi connectivity index (χ1n) is 6.31. The zero-order valence-corrected chi connectivity index (χ0v) is 10.6. The zero-order chi connectivity index (χ0) is 12.7. The van der Waals surface area contributed by atoms with Crippen molar-refractivity contribution in [1.82, 2.24) is 5.32 Å². The van der Waals surface area contributed by atoms with Crippen LogP contribution in [0.2, 0.25) is 0 Å². The molecule has 1 atom stereocenters. The summed E-state index contributed by atoms with van der Waals surface area (Å²) in [6.07, 6.45) is 3.00. The second kappa shape index (κ2) is 7.38. The normalized spacial score (nSPS) is 12.7. The van der Waals surface area contributed by atoms with Gasteiger partial charge in [0.2, 0.25) is 0 Å². The minimum atomic E-state index is -0.748. The van der Waals surface area contributed by atoms with E-state index in [1.807, 2.05) is 6.92 Å². The first-order chi connectivity index (χ1) is 8.16. The van der Waals surface area contributed by atoms with Gasteiger partial charge in [0.25, 0.3) is 0 Å². The molecule has 0 radical (unpaired) electrons. The molecule has 1 rings (SSSR count). The summed E-state index contributed by atoms with van der Waals surface area (Å²) >= 11 is 0. The van der Waals surface area contributed by atoms with E-state index in [-0.39, 0.29) is 5.92 Å². The summed E-state index contributed by atoms with van der Waals surface area (Å²) in [5.74, 6) is -1.36. The Morgan fingerprint density at radius 2 is 2.00 bits per heavy atom. The average molecular weight is 241 g/mol. The van der Waals surface area contributed by atoms with E-state index in [0.717, 1.165) is 38.4 Å². The molecular weight excluding hydrogens is 220 g/mol. The lowest BCUT2D eigenvalue weighted by Crippen LogP contribution is -2.14. The van der Waals surface area contributed by atoms with Crippen LogP contribution in [0.1, 0.15) is 44.6 Å². The summed E-state index contributed by atoms with van der Waals surface area (Å²) in [5.41, 5.74) is 0.494. The van der Waals surface area contributed by atoms with Gasteiger partial charge in [-0.1, -0.05) is 32.4 Å². The van der Waals surface area contributed by atoms with Crippen LogP contribution in [-0.2, 0) is 0 Å². The Hall–Kier alpha value is -0.960. The molecule has 0 aliphatic heterocycles. The van der Waals surface area contributed by atoms with E-state index in [1.54, 1.807) is 12.1 Å². The maximum atomic E-state index is 13.5. The predicted octanol–water partition coefficient (Wildman–Crippen LogP) is 3.85. The Morgan fingerprint density at radius 1 is 1.24 bits per heavy atom. The first kappa shape index (κ1) is 14.1. The molecule has 0 aromatic heterocycles. The van der Waals surface area contributed by atoms with Gasteiger partial charge in [-0.3, -0.25) is 0 Å². The number of hydrogen-bond acceptors (Lipinski definition) is 1. The second-order valence-corrected chi connectivity index (χ2v) is 4.39. The van der Waals surface area contributed by atoms with Crippen molar-refractivity contribution in [1.29, 1.82) is 0 Å². The molecule has 96 valence electrons. The van der Waals surface area contributed by atoms with E-state index >= 15 is 0 Å². The zero-order valence-electron chi connectivity index (χ0n) is 10.6. The Labute approximate surface area is 102 Å². The van der Waals surface area contributed by atoms with Gasteiger partial charge in [0.15, 0.2) is 11.6 Å². The summed E-state index contributed by atoms with van der Waals surface area (Å²) in [7, 11) is 0. The van der Waals surface area contributed by atoms with Gasteiger partial charge in [0.1, 0.15) is 0 Å². The van der Waals surface area contributed by atoms with Crippen molar-refractivity contribution >= 4 is 0 Å². The molecule has 0 saturated carbocycles. The highest BCUT2D eigenvalue weighted by atomic mass is 19.2. The number of halogens is 2. The third-order valence-corrected chi connectivity index (χ3v) is 3.00. The lowest BCUT2D eigenvalue weighted by atomic mass is 9.95. The van der Waals surface area contributed by atoms with Gasteiger partial charge in [-0.25, -0.2) is 8.78 Å². The Balaban J connectivity index is 2.41. The molecule has 0 fully saturated rings. The highest BCUT2D eigenvalue weighted by Crippen LogP contribution is 2.25. The average Bonchev–Trinajstić information content (AvgIpc) is 2.32. The van der Waals surface area contributed by atoms with Crippen LogP contribution in [0.3, 0.4) is 0 Å². The molecule has 1 aromatic carbocycles. The molecule has 1 aromatic rings. The maximum Gasteiger partial charge on any atom is 0.162 e. The summed E-state index contributed by atoms with van der Waals surface area (Å²) in [5, 5.41) is 3.25. The van der Waals surface area contributed by atoms with Crippen LogP contribution in [0.25, 0.3) is 0 Å². The SMILES string of the molecule is CCNCCCCC(C)c1cccc(F)c1F. The fourth-order valence-electron chi connectivity index (χ4n) is 1.93. The van der Waals surface area contributed by atoms with E-state index in [1.165, 1.54) is 0 Å². The fraction of sp³-hybridized carbons (Fsp3) is 0.571. The summed E-state index contributed by atoms with van der Waals surface area (Å²) in [4.78, 5) is 0. The number of nitrogens with one attached hydrogen (secondary N) is 1. The third kappa shape index (κ3) is 4.43. The van der Waals surface area contributed by atoms with Crippen molar-refractivity contribution in [3.8, 4) is 0 Å². The summed E-state index contributed by atoms with van der Waals surface area (Å²) in [6.45, 7) is 6.00. The van der Waals surface area contributed by atoms with Gasteiger partial charge in [0.05, 0.1) is 0 Å². The quantitative estimate of drug-likeness (QED) is 0.715. The van der Waals surface area contributed by atoms with E-state index in [2.05, 4.69) is 12.2 Å². The van der Waals surface area contributed by atoms with Crippen LogP contribution >= 0.6 is 0 Å². The highest BCUT2D eigenvalue weighted by molar-refractivity contribution is 5.22. The Morgan fingerprint density at radius 3 is 2.71 bits per heavy atom. The van der Waals surface area contributed by atoms with Crippen molar-refractivity contribution in [3.63, 3.8) is 0 Å². The lowest BCUT2D eigenvalue weighted by molar-refractivity contribution is 0.481. The minimum absolute atomic E-state index is 0.0762. The van der Waals surface area contributed by atoms with Crippen molar-refractivity contribution < 1.29 is 8.78 Å². The van der Waals surface area contributed by atoms with Crippen LogP contribution in [0.5, 0.6) is 0 Å². The number of rotatable bonds is 7. The van der Waals surface area contributed by atoms with E-state index in [0.29, 0.717) is 5.56 Å². The van der Waals surface area contributed by atoms with E-state index < -0.39 is 11.6 Å². The van der Waals surface area contributed by atoms with Gasteiger partial charge in [-0.05, 0) is 43.5 Å². The molecule has 1 unspecified atom stereocenters. The summed E-state index contributed by atoms with van der Waals surface area (Å²) < 4.78 is 26.5. The van der Waals surface area contributed by atoms with Crippen LogP contribution in [0, 0.1) is 11.6 Å². The molecule has 1 N–H and O–H groups in total. The standard InChI is InChI=1S/C14H21F2N/c1-3-17-10-5-4-7-11(2)12-8-6-9-13(15)14(12)16/h6,8-9,11,17H,3-5,7,10H2,1-2H3. The van der Waals surface area contributed by atoms with Gasteiger partial charge in [0, 0.05) is 0 Å². The second-order valence-electron chi connectivity index (χ2n) is 4.39. The smallest absolute Gasteiger partial charge is 0.162 e. The Bertz CT molecular complexity index is 339. The maximum absolute atomic E-state index is 13.5. The fourth-order valence-corrected chi connectivity index (χ4v) is 1.93. The van der Waals surface area contributed by atoms with Gasteiger partial charge >= 0.3 is 0 Å². The minimum Gasteiger partial charge on any atom is -0.317 e. The molecule has 0 saturated heterocycles. The molecule has 1 nitrogen and oxygen atoms in total. The van der Waals surface area contributed by atoms with E-state index in [9.17, 15) is 8.78 Å². The molecule has 0 heterocycles. The lowest BCUT2D eigenvalue weighted by Gasteiger charge is -2.13. The number of benzene rings is 1. The van der Waals surface area contributed by atoms with Crippen molar-refractivity contribution in [2.75, 3.05) is 13.1 Å². The number of hydrogen-bond donors (Lipinski definition) is 1. The van der Waals surface area contributed by atoms with Crippen LogP contribution < -0.4 is 5.32 Å². The van der Waals surface area contributed by atoms with E-state index in [4.69, 9.17) is 0 Å². The van der Waals surface area contributed by atoms with Crippen LogP contribution in [0.15, 0.2) is 18.2 Å². The molecule has 0 bridgehead atoms. The van der Waals surface area contributed by atoms with Crippen molar-refractivity contribution in [2.45, 2.75) is 39.0 Å². The molecule has 0 aliphatic carbocycles. The first-order valence-corrected chi connectivity index (χ1v) is 6.31. The van der Waals surface area contributed by atoms with Crippen LogP contribution in [0.4, 0.5) is 8.78 Å². The topological polar surface area (TPSA) is 12.0 Å². The molecule has 0 spiro atoms. The molecular formula is C14H21F2N. The molecule has 0 aliphatic rings. The van der Waals surface area contributed by atoms with Gasteiger partial charge < -0.3 is 5.32 Å². The monoisotopic (exact) mass is 241 g/mol. The third-order valence-electron chi connectivity index (χ3n) is 3.00. The highest BCUT2D eigenvalue weighted by Gasteiger charge is 2.13. The van der Waals surface area contributed by atoms with Gasteiger partial charge in [-0.15, -0.1) is 0 Å².